The van der Waals surface area contributed by atoms with Crippen molar-refractivity contribution in [1.29, 1.82) is 0 Å². The second-order valence-corrected chi connectivity index (χ2v) is 4.82. The Labute approximate surface area is 116 Å². The summed E-state index contributed by atoms with van der Waals surface area (Å²) in [7, 11) is 0. The van der Waals surface area contributed by atoms with Crippen molar-refractivity contribution in [2.24, 2.45) is 0 Å². The third-order valence-corrected chi connectivity index (χ3v) is 3.11. The third-order valence-electron chi connectivity index (χ3n) is 3.11. The summed E-state index contributed by atoms with van der Waals surface area (Å²) in [5.74, 6) is -0.445. The van der Waals surface area contributed by atoms with Gasteiger partial charge in [0.25, 0.3) is 0 Å². The number of carbonyl (C=O) groups is 1. The molecule has 0 saturated carbocycles. The predicted molar refractivity (Wildman–Crippen MR) is 75.6 cm³/mol. The molecule has 4 nitrogen and oxygen atoms in total. The monoisotopic (exact) mass is 272 g/mol. The molecule has 0 aliphatic heterocycles. The summed E-state index contributed by atoms with van der Waals surface area (Å²) in [6.07, 6.45) is 8.49. The molecule has 0 bridgehead atoms. The van der Waals surface area contributed by atoms with Gasteiger partial charge >= 0.3 is 5.97 Å². The van der Waals surface area contributed by atoms with E-state index in [9.17, 15) is 9.90 Å². The van der Waals surface area contributed by atoms with Crippen LogP contribution in [-0.4, -0.2) is 29.1 Å². The minimum absolute atomic E-state index is 0.281. The zero-order valence-corrected chi connectivity index (χ0v) is 12.2. The second kappa shape index (κ2) is 12.2. The van der Waals surface area contributed by atoms with E-state index < -0.39 is 12.3 Å². The number of aliphatic hydroxyl groups is 2. The van der Waals surface area contributed by atoms with E-state index in [1.165, 1.54) is 0 Å². The lowest BCUT2D eigenvalue weighted by atomic mass is 10.1. The molecule has 0 aliphatic carbocycles. The quantitative estimate of drug-likeness (QED) is 0.263. The first-order chi connectivity index (χ1) is 9.11. The zero-order valence-electron chi connectivity index (χ0n) is 12.2. The highest BCUT2D eigenvalue weighted by Crippen LogP contribution is 2.11. The van der Waals surface area contributed by atoms with Gasteiger partial charge in [-0.3, -0.25) is 0 Å². The Bertz CT molecular complexity index is 261. The van der Waals surface area contributed by atoms with Gasteiger partial charge < -0.3 is 14.9 Å². The molecule has 0 heterocycles. The molecule has 0 aromatic heterocycles. The van der Waals surface area contributed by atoms with Crippen LogP contribution in [0.4, 0.5) is 0 Å². The molecule has 0 spiro atoms. The van der Waals surface area contributed by atoms with Crippen molar-refractivity contribution in [3.05, 3.63) is 11.6 Å². The number of carbonyl (C=O) groups excluding carboxylic acids is 1. The fourth-order valence-corrected chi connectivity index (χ4v) is 1.71. The van der Waals surface area contributed by atoms with Crippen molar-refractivity contribution >= 4 is 5.97 Å². The molecule has 0 radical (unpaired) electrons. The van der Waals surface area contributed by atoms with Gasteiger partial charge in [0.05, 0.1) is 0 Å². The Morgan fingerprint density at radius 1 is 1.11 bits per heavy atom. The van der Waals surface area contributed by atoms with Gasteiger partial charge in [-0.2, -0.15) is 0 Å². The normalized spacial score (nSPS) is 13.4. The third kappa shape index (κ3) is 10.7. The molecule has 1 atom stereocenters. The van der Waals surface area contributed by atoms with Crippen molar-refractivity contribution in [1.82, 2.24) is 0 Å². The number of rotatable bonds is 11. The maximum atomic E-state index is 11.3. The molecule has 0 amide bonds. The summed E-state index contributed by atoms with van der Waals surface area (Å²) in [5, 5.41) is 18.2. The van der Waals surface area contributed by atoms with E-state index in [1.807, 2.05) is 0 Å². The molecule has 0 aromatic rings. The standard InChI is InChI=1S/C15H28O4/c1-3-13(2)15(18)19-14(17)11-9-7-5-4-6-8-10-12-16/h3,14,16-17H,4-12H2,1-2H3. The van der Waals surface area contributed by atoms with Gasteiger partial charge in [0, 0.05) is 18.6 Å². The van der Waals surface area contributed by atoms with Crippen molar-refractivity contribution in [3.8, 4) is 0 Å². The average Bonchev–Trinajstić information content (AvgIpc) is 2.40. The van der Waals surface area contributed by atoms with Crippen LogP contribution < -0.4 is 0 Å². The van der Waals surface area contributed by atoms with Gasteiger partial charge in [-0.25, -0.2) is 4.79 Å². The van der Waals surface area contributed by atoms with Gasteiger partial charge in [0.1, 0.15) is 0 Å². The smallest absolute Gasteiger partial charge is 0.335 e. The highest BCUT2D eigenvalue weighted by atomic mass is 16.6. The van der Waals surface area contributed by atoms with Crippen LogP contribution in [0.5, 0.6) is 0 Å². The fourth-order valence-electron chi connectivity index (χ4n) is 1.71. The fraction of sp³-hybridized carbons (Fsp3) is 0.800. The molecule has 2 N–H and O–H groups in total. The number of hydrogen-bond donors (Lipinski definition) is 2. The van der Waals surface area contributed by atoms with Gasteiger partial charge in [0.2, 0.25) is 6.29 Å². The largest absolute Gasteiger partial charge is 0.433 e. The van der Waals surface area contributed by atoms with Crippen LogP contribution in [-0.2, 0) is 9.53 Å². The molecular weight excluding hydrogens is 244 g/mol. The summed E-state index contributed by atoms with van der Waals surface area (Å²) in [4.78, 5) is 11.3. The van der Waals surface area contributed by atoms with Crippen LogP contribution in [0.15, 0.2) is 11.6 Å². The summed E-state index contributed by atoms with van der Waals surface area (Å²) in [6.45, 7) is 3.71. The first-order valence-corrected chi connectivity index (χ1v) is 7.24. The van der Waals surface area contributed by atoms with Crippen molar-refractivity contribution in [2.45, 2.75) is 71.5 Å². The summed E-state index contributed by atoms with van der Waals surface area (Å²) < 4.78 is 4.88. The molecule has 0 aliphatic rings. The minimum atomic E-state index is -0.989. The Hall–Kier alpha value is -0.870. The summed E-state index contributed by atoms with van der Waals surface area (Å²) >= 11 is 0. The van der Waals surface area contributed by atoms with Crippen molar-refractivity contribution < 1.29 is 19.7 Å². The number of esters is 1. The topological polar surface area (TPSA) is 66.8 Å². The molecule has 0 saturated heterocycles. The maximum Gasteiger partial charge on any atom is 0.335 e. The molecule has 0 aromatic carbocycles. The van der Waals surface area contributed by atoms with E-state index in [0.717, 1.165) is 44.9 Å². The molecule has 0 rings (SSSR count). The lowest BCUT2D eigenvalue weighted by molar-refractivity contribution is -0.163. The van der Waals surface area contributed by atoms with Crippen LogP contribution in [0.1, 0.15) is 65.2 Å². The number of aliphatic hydroxyl groups excluding tert-OH is 2. The molecular formula is C15H28O4. The zero-order chi connectivity index (χ0) is 14.5. The predicted octanol–water partition coefficient (Wildman–Crippen LogP) is 2.93. The number of unbranched alkanes of at least 4 members (excludes halogenated alkanes) is 6. The SMILES string of the molecule is CC=C(C)C(=O)OC(O)CCCCCCCCCO. The van der Waals surface area contributed by atoms with E-state index in [4.69, 9.17) is 9.84 Å². The molecule has 19 heavy (non-hydrogen) atoms. The number of ether oxygens (including phenoxy) is 1. The van der Waals surface area contributed by atoms with Gasteiger partial charge in [0.15, 0.2) is 0 Å². The van der Waals surface area contributed by atoms with Crippen LogP contribution in [0.3, 0.4) is 0 Å². The van der Waals surface area contributed by atoms with E-state index in [0.29, 0.717) is 12.0 Å². The highest BCUT2D eigenvalue weighted by Gasteiger charge is 2.11. The first kappa shape index (κ1) is 18.1. The number of allylic oxidation sites excluding steroid dienone is 1. The van der Waals surface area contributed by atoms with E-state index in [-0.39, 0.29) is 6.61 Å². The Kier molecular flexibility index (Phi) is 11.6. The van der Waals surface area contributed by atoms with Crippen molar-refractivity contribution in [3.63, 3.8) is 0 Å². The lowest BCUT2D eigenvalue weighted by Gasteiger charge is -2.12. The van der Waals surface area contributed by atoms with Crippen LogP contribution in [0.25, 0.3) is 0 Å². The van der Waals surface area contributed by atoms with E-state index in [1.54, 1.807) is 19.9 Å². The molecule has 1 unspecified atom stereocenters. The lowest BCUT2D eigenvalue weighted by Crippen LogP contribution is -2.18. The summed E-state index contributed by atoms with van der Waals surface area (Å²) in [6, 6.07) is 0. The maximum absolute atomic E-state index is 11.3. The second-order valence-electron chi connectivity index (χ2n) is 4.82. The Morgan fingerprint density at radius 2 is 1.63 bits per heavy atom. The molecule has 112 valence electrons. The van der Waals surface area contributed by atoms with Gasteiger partial charge in [-0.1, -0.05) is 38.2 Å². The average molecular weight is 272 g/mol. The van der Waals surface area contributed by atoms with E-state index in [2.05, 4.69) is 0 Å². The first-order valence-electron chi connectivity index (χ1n) is 7.24. The molecule has 4 heteroatoms. The van der Waals surface area contributed by atoms with Crippen molar-refractivity contribution in [2.75, 3.05) is 6.61 Å². The van der Waals surface area contributed by atoms with Gasteiger partial charge in [-0.05, 0) is 26.7 Å². The Balaban J connectivity index is 3.43. The van der Waals surface area contributed by atoms with Crippen LogP contribution >= 0.6 is 0 Å². The Morgan fingerprint density at radius 3 is 2.16 bits per heavy atom. The minimum Gasteiger partial charge on any atom is -0.433 e. The number of hydrogen-bond acceptors (Lipinski definition) is 4. The molecule has 0 fully saturated rings. The van der Waals surface area contributed by atoms with Crippen LogP contribution in [0, 0.1) is 0 Å². The summed E-state index contributed by atoms with van der Waals surface area (Å²) in [5.41, 5.74) is 0.517. The highest BCUT2D eigenvalue weighted by molar-refractivity contribution is 5.87. The van der Waals surface area contributed by atoms with Gasteiger partial charge in [-0.15, -0.1) is 0 Å². The van der Waals surface area contributed by atoms with Crippen LogP contribution in [0.2, 0.25) is 0 Å². The van der Waals surface area contributed by atoms with E-state index >= 15 is 0 Å².